The molecule has 22 heavy (non-hydrogen) atoms. The third-order valence-electron chi connectivity index (χ3n) is 4.09. The molecule has 1 radical (unpaired) electrons. The summed E-state index contributed by atoms with van der Waals surface area (Å²) >= 11 is 0. The Morgan fingerprint density at radius 3 is 2.59 bits per heavy atom. The van der Waals surface area contributed by atoms with Crippen LogP contribution in [0.1, 0.15) is 28.8 Å². The zero-order valence-corrected chi connectivity index (χ0v) is 12.4. The molecule has 2 amide bonds. The summed E-state index contributed by atoms with van der Waals surface area (Å²) < 4.78 is 13.2. The fourth-order valence-electron chi connectivity index (χ4n) is 2.67. The van der Waals surface area contributed by atoms with Gasteiger partial charge in [0.25, 0.3) is 0 Å². The van der Waals surface area contributed by atoms with Gasteiger partial charge in [0.2, 0.25) is 11.8 Å². The van der Waals surface area contributed by atoms with E-state index in [-0.39, 0.29) is 17.9 Å². The molecular formula is C16H21FN3O2. The van der Waals surface area contributed by atoms with Gasteiger partial charge in [-0.05, 0) is 49.4 Å². The maximum atomic E-state index is 13.2. The Balaban J connectivity index is 1.93. The number of rotatable bonds is 5. The van der Waals surface area contributed by atoms with Crippen LogP contribution in [0.4, 0.5) is 4.39 Å². The molecule has 0 spiro atoms. The van der Waals surface area contributed by atoms with Gasteiger partial charge < -0.3 is 16.4 Å². The molecule has 1 saturated heterocycles. The van der Waals surface area contributed by atoms with Gasteiger partial charge in [0, 0.05) is 18.7 Å². The molecule has 0 saturated carbocycles. The lowest BCUT2D eigenvalue weighted by Gasteiger charge is -2.31. The highest BCUT2D eigenvalue weighted by Gasteiger charge is 2.22. The second-order valence-corrected chi connectivity index (χ2v) is 5.58. The fraction of sp³-hybridized carbons (Fsp3) is 0.438. The summed E-state index contributed by atoms with van der Waals surface area (Å²) in [6.45, 7) is 2.05. The first-order chi connectivity index (χ1) is 10.5. The van der Waals surface area contributed by atoms with E-state index < -0.39 is 11.7 Å². The Morgan fingerprint density at radius 1 is 1.32 bits per heavy atom. The van der Waals surface area contributed by atoms with Gasteiger partial charge in [0.15, 0.2) is 0 Å². The second kappa shape index (κ2) is 7.35. The van der Waals surface area contributed by atoms with Crippen molar-refractivity contribution in [3.8, 4) is 0 Å². The fourth-order valence-corrected chi connectivity index (χ4v) is 2.67. The average molecular weight is 306 g/mol. The van der Waals surface area contributed by atoms with Crippen molar-refractivity contribution in [1.29, 1.82) is 0 Å². The summed E-state index contributed by atoms with van der Waals surface area (Å²) in [5, 5.41) is 0. The van der Waals surface area contributed by atoms with Crippen LogP contribution in [0, 0.1) is 18.2 Å². The minimum absolute atomic E-state index is 0.0739. The number of likely N-dealkylation sites (tertiary alicyclic amines) is 1. The minimum atomic E-state index is -0.695. The van der Waals surface area contributed by atoms with E-state index >= 15 is 0 Å². The van der Waals surface area contributed by atoms with Crippen molar-refractivity contribution >= 4 is 11.8 Å². The van der Waals surface area contributed by atoms with Crippen molar-refractivity contribution in [1.82, 2.24) is 4.90 Å². The zero-order chi connectivity index (χ0) is 16.1. The third kappa shape index (κ3) is 4.04. The normalized spacial score (nSPS) is 15.8. The first-order valence-electron chi connectivity index (χ1n) is 7.41. The Kier molecular flexibility index (Phi) is 5.49. The van der Waals surface area contributed by atoms with Crippen molar-refractivity contribution < 1.29 is 14.0 Å². The second-order valence-electron chi connectivity index (χ2n) is 5.58. The van der Waals surface area contributed by atoms with Gasteiger partial charge in [-0.2, -0.15) is 0 Å². The molecule has 0 aromatic heterocycles. The van der Waals surface area contributed by atoms with Crippen molar-refractivity contribution in [2.75, 3.05) is 19.6 Å². The molecule has 0 unspecified atom stereocenters. The largest absolute Gasteiger partial charge is 0.366 e. The quantitative estimate of drug-likeness (QED) is 0.846. The highest BCUT2D eigenvalue weighted by atomic mass is 19.1. The molecule has 4 N–H and O–H groups in total. The number of amides is 2. The molecule has 1 aromatic carbocycles. The molecule has 1 aromatic rings. The number of carbonyl (C=O) groups excluding carboxylic acids is 2. The van der Waals surface area contributed by atoms with Crippen LogP contribution in [0.25, 0.3) is 0 Å². The van der Waals surface area contributed by atoms with Crippen molar-refractivity contribution in [2.45, 2.75) is 19.3 Å². The van der Waals surface area contributed by atoms with Gasteiger partial charge >= 0.3 is 0 Å². The number of halogens is 1. The van der Waals surface area contributed by atoms with Gasteiger partial charge in [0.05, 0.1) is 6.42 Å². The molecule has 2 rings (SSSR count). The summed E-state index contributed by atoms with van der Waals surface area (Å²) in [4.78, 5) is 25.3. The topological polar surface area (TPSA) is 89.4 Å². The number of nitrogens with zero attached hydrogens (tertiary/aromatic N) is 1. The van der Waals surface area contributed by atoms with E-state index in [0.717, 1.165) is 18.9 Å². The lowest BCUT2D eigenvalue weighted by Crippen LogP contribution is -2.40. The first-order valence-corrected chi connectivity index (χ1v) is 7.41. The zero-order valence-electron chi connectivity index (χ0n) is 12.4. The van der Waals surface area contributed by atoms with Crippen LogP contribution in [0.3, 0.4) is 0 Å². The van der Waals surface area contributed by atoms with Gasteiger partial charge in [-0.3, -0.25) is 9.59 Å². The number of benzene rings is 1. The molecule has 1 aliphatic rings. The number of nitrogens with two attached hydrogens (primary N) is 2. The number of primary amides is 1. The van der Waals surface area contributed by atoms with Gasteiger partial charge in [-0.15, -0.1) is 0 Å². The van der Waals surface area contributed by atoms with Gasteiger partial charge in [-0.25, -0.2) is 4.39 Å². The number of hydrogen-bond donors (Lipinski definition) is 2. The summed E-state index contributed by atoms with van der Waals surface area (Å²) in [5.41, 5.74) is 11.5. The number of piperidine rings is 1. The van der Waals surface area contributed by atoms with Crippen LogP contribution in [0.5, 0.6) is 0 Å². The lowest BCUT2D eigenvalue weighted by atomic mass is 9.96. The highest BCUT2D eigenvalue weighted by Crippen LogP contribution is 2.18. The van der Waals surface area contributed by atoms with Crippen molar-refractivity contribution in [3.63, 3.8) is 0 Å². The van der Waals surface area contributed by atoms with Crippen molar-refractivity contribution in [3.05, 3.63) is 41.6 Å². The molecule has 0 atom stereocenters. The maximum absolute atomic E-state index is 13.2. The SMILES string of the molecule is NCC1CCN(C(=O)[CH]Cc2ccc(F)cc2C(N)=O)CC1. The number of hydrogen-bond acceptors (Lipinski definition) is 3. The third-order valence-corrected chi connectivity index (χ3v) is 4.09. The van der Waals surface area contributed by atoms with Crippen LogP contribution >= 0.6 is 0 Å². The van der Waals surface area contributed by atoms with E-state index in [1.165, 1.54) is 18.6 Å². The van der Waals surface area contributed by atoms with Crippen LogP contribution in [-0.4, -0.2) is 36.3 Å². The van der Waals surface area contributed by atoms with Crippen LogP contribution in [0.15, 0.2) is 18.2 Å². The first kappa shape index (κ1) is 16.4. The smallest absolute Gasteiger partial charge is 0.249 e. The molecule has 1 fully saturated rings. The molecule has 0 bridgehead atoms. The average Bonchev–Trinajstić information content (AvgIpc) is 2.53. The molecule has 1 heterocycles. The lowest BCUT2D eigenvalue weighted by molar-refractivity contribution is -0.128. The standard InChI is InChI=1S/C16H21FN3O2/c17-13-3-1-12(14(9-13)16(19)22)2-4-15(21)20-7-5-11(10-18)6-8-20/h1,3-4,9,11H,2,5-8,10,18H2,(H2,19,22). The number of carbonyl (C=O) groups is 2. The molecule has 0 aliphatic carbocycles. The van der Waals surface area contributed by atoms with E-state index in [2.05, 4.69) is 0 Å². The monoisotopic (exact) mass is 306 g/mol. The molecule has 6 heteroatoms. The minimum Gasteiger partial charge on any atom is -0.366 e. The molecule has 1 aliphatic heterocycles. The summed E-state index contributed by atoms with van der Waals surface area (Å²) in [7, 11) is 0. The van der Waals surface area contributed by atoms with Gasteiger partial charge in [0.1, 0.15) is 5.82 Å². The van der Waals surface area contributed by atoms with Crippen molar-refractivity contribution in [2.24, 2.45) is 17.4 Å². The molecule has 119 valence electrons. The van der Waals surface area contributed by atoms with E-state index in [1.807, 2.05) is 0 Å². The summed E-state index contributed by atoms with van der Waals surface area (Å²) in [5.74, 6) is -0.801. The summed E-state index contributed by atoms with van der Waals surface area (Å²) in [6.07, 6.45) is 3.61. The maximum Gasteiger partial charge on any atom is 0.249 e. The Bertz CT molecular complexity index is 554. The Labute approximate surface area is 129 Å². The molecule has 5 nitrogen and oxygen atoms in total. The van der Waals surface area contributed by atoms with E-state index in [9.17, 15) is 14.0 Å². The van der Waals surface area contributed by atoms with Crippen LogP contribution < -0.4 is 11.5 Å². The van der Waals surface area contributed by atoms with Crippen LogP contribution in [0.2, 0.25) is 0 Å². The van der Waals surface area contributed by atoms with E-state index in [4.69, 9.17) is 11.5 Å². The van der Waals surface area contributed by atoms with Crippen LogP contribution in [-0.2, 0) is 11.2 Å². The van der Waals surface area contributed by atoms with E-state index in [1.54, 1.807) is 4.90 Å². The molecular weight excluding hydrogens is 285 g/mol. The Morgan fingerprint density at radius 2 is 2.00 bits per heavy atom. The van der Waals surface area contributed by atoms with Gasteiger partial charge in [-0.1, -0.05) is 6.07 Å². The predicted molar refractivity (Wildman–Crippen MR) is 81.3 cm³/mol. The predicted octanol–water partition coefficient (Wildman–Crippen LogP) is 0.869. The highest BCUT2D eigenvalue weighted by molar-refractivity contribution is 5.95. The van der Waals surface area contributed by atoms with E-state index in [0.29, 0.717) is 31.1 Å². The Hall–Kier alpha value is -1.95. The summed E-state index contributed by atoms with van der Waals surface area (Å²) in [6, 6.07) is 3.84.